The Morgan fingerprint density at radius 3 is 3.17 bits per heavy atom. The average Bonchev–Trinajstić information content (AvgIpc) is 2.87. The highest BCUT2D eigenvalue weighted by Crippen LogP contribution is 2.21. The first-order valence-electron chi connectivity index (χ1n) is 6.22. The number of aromatic nitrogens is 2. The van der Waals surface area contributed by atoms with Crippen LogP contribution < -0.4 is 5.32 Å². The predicted octanol–water partition coefficient (Wildman–Crippen LogP) is 0.814. The third kappa shape index (κ3) is 2.97. The molecule has 0 aromatic carbocycles. The molecule has 2 rings (SSSR count). The maximum atomic E-state index is 12.2. The van der Waals surface area contributed by atoms with Crippen LogP contribution in [0.4, 0.5) is 5.13 Å². The van der Waals surface area contributed by atoms with E-state index in [4.69, 9.17) is 5.11 Å². The fourth-order valence-electron chi connectivity index (χ4n) is 2.07. The van der Waals surface area contributed by atoms with E-state index in [1.54, 1.807) is 4.90 Å². The number of rotatable bonds is 4. The van der Waals surface area contributed by atoms with Crippen LogP contribution in [0.5, 0.6) is 0 Å². The quantitative estimate of drug-likeness (QED) is 0.846. The summed E-state index contributed by atoms with van der Waals surface area (Å²) in [5.41, 5.74) is 0. The van der Waals surface area contributed by atoms with E-state index in [0.29, 0.717) is 16.7 Å². The monoisotopic (exact) mass is 270 g/mol. The highest BCUT2D eigenvalue weighted by Gasteiger charge is 2.26. The highest BCUT2D eigenvalue weighted by molar-refractivity contribution is 7.17. The van der Waals surface area contributed by atoms with Crippen LogP contribution in [0.25, 0.3) is 0 Å². The van der Waals surface area contributed by atoms with E-state index in [0.717, 1.165) is 25.9 Å². The molecule has 1 unspecified atom stereocenters. The van der Waals surface area contributed by atoms with Crippen LogP contribution in [0, 0.1) is 5.92 Å². The first-order valence-corrected chi connectivity index (χ1v) is 7.03. The number of aliphatic hydroxyl groups excluding tert-OH is 1. The number of nitrogens with one attached hydrogen (secondary N) is 1. The second-order valence-electron chi connectivity index (χ2n) is 4.38. The SMILES string of the molecule is CCNc1nnc(C(=O)N2CCCC(CO)C2)s1. The van der Waals surface area contributed by atoms with Crippen molar-refractivity contribution in [2.45, 2.75) is 19.8 Å². The molecule has 2 heterocycles. The maximum absolute atomic E-state index is 12.2. The lowest BCUT2D eigenvalue weighted by molar-refractivity contribution is 0.0619. The summed E-state index contributed by atoms with van der Waals surface area (Å²) in [6.07, 6.45) is 1.93. The smallest absolute Gasteiger partial charge is 0.284 e. The van der Waals surface area contributed by atoms with Gasteiger partial charge >= 0.3 is 0 Å². The summed E-state index contributed by atoms with van der Waals surface area (Å²) in [4.78, 5) is 14.0. The van der Waals surface area contributed by atoms with Crippen LogP contribution in [-0.2, 0) is 0 Å². The molecule has 18 heavy (non-hydrogen) atoms. The van der Waals surface area contributed by atoms with E-state index in [-0.39, 0.29) is 18.4 Å². The van der Waals surface area contributed by atoms with Crippen LogP contribution in [0.3, 0.4) is 0 Å². The van der Waals surface area contributed by atoms with Gasteiger partial charge in [0.1, 0.15) is 0 Å². The number of carbonyl (C=O) groups is 1. The molecule has 0 spiro atoms. The Morgan fingerprint density at radius 1 is 1.61 bits per heavy atom. The van der Waals surface area contributed by atoms with Gasteiger partial charge in [0.25, 0.3) is 5.91 Å². The molecule has 0 aliphatic carbocycles. The van der Waals surface area contributed by atoms with E-state index in [2.05, 4.69) is 15.5 Å². The van der Waals surface area contributed by atoms with Crippen molar-refractivity contribution in [2.75, 3.05) is 31.6 Å². The molecule has 1 aliphatic heterocycles. The highest BCUT2D eigenvalue weighted by atomic mass is 32.1. The van der Waals surface area contributed by atoms with Gasteiger partial charge in [-0.15, -0.1) is 10.2 Å². The molecular weight excluding hydrogens is 252 g/mol. The van der Waals surface area contributed by atoms with Crippen LogP contribution in [0.15, 0.2) is 0 Å². The molecule has 6 nitrogen and oxygen atoms in total. The second-order valence-corrected chi connectivity index (χ2v) is 5.36. The first-order chi connectivity index (χ1) is 8.74. The number of likely N-dealkylation sites (tertiary alicyclic amines) is 1. The number of carbonyl (C=O) groups excluding carboxylic acids is 1. The molecule has 1 fully saturated rings. The number of amides is 1. The third-order valence-corrected chi connectivity index (χ3v) is 3.87. The lowest BCUT2D eigenvalue weighted by Gasteiger charge is -2.31. The molecule has 1 atom stereocenters. The number of hydrogen-bond acceptors (Lipinski definition) is 6. The van der Waals surface area contributed by atoms with Gasteiger partial charge < -0.3 is 15.3 Å². The minimum Gasteiger partial charge on any atom is -0.396 e. The Morgan fingerprint density at radius 2 is 2.44 bits per heavy atom. The Bertz CT molecular complexity index is 410. The molecule has 2 N–H and O–H groups in total. The minimum atomic E-state index is -0.0743. The van der Waals surface area contributed by atoms with Crippen molar-refractivity contribution >= 4 is 22.4 Å². The zero-order chi connectivity index (χ0) is 13.0. The van der Waals surface area contributed by atoms with Crippen molar-refractivity contribution in [3.8, 4) is 0 Å². The lowest BCUT2D eigenvalue weighted by atomic mass is 9.99. The van der Waals surface area contributed by atoms with Crippen molar-refractivity contribution in [3.05, 3.63) is 5.01 Å². The van der Waals surface area contributed by atoms with Gasteiger partial charge in [0, 0.05) is 26.2 Å². The summed E-state index contributed by atoms with van der Waals surface area (Å²) in [5, 5.41) is 21.1. The van der Waals surface area contributed by atoms with Crippen molar-refractivity contribution in [2.24, 2.45) is 5.92 Å². The van der Waals surface area contributed by atoms with Gasteiger partial charge in [-0.2, -0.15) is 0 Å². The fourth-order valence-corrected chi connectivity index (χ4v) is 2.85. The molecule has 1 amide bonds. The summed E-state index contributed by atoms with van der Waals surface area (Å²) < 4.78 is 0. The second kappa shape index (κ2) is 6.10. The van der Waals surface area contributed by atoms with Gasteiger partial charge in [0.15, 0.2) is 0 Å². The van der Waals surface area contributed by atoms with E-state index < -0.39 is 0 Å². The first kappa shape index (κ1) is 13.2. The Balaban J connectivity index is 2.00. The molecule has 7 heteroatoms. The zero-order valence-corrected chi connectivity index (χ0v) is 11.2. The molecule has 1 aliphatic rings. The molecule has 1 aromatic heterocycles. The van der Waals surface area contributed by atoms with Gasteiger partial charge in [-0.05, 0) is 25.7 Å². The molecule has 0 radical (unpaired) electrons. The predicted molar refractivity (Wildman–Crippen MR) is 69.8 cm³/mol. The molecule has 0 saturated carbocycles. The van der Waals surface area contributed by atoms with Gasteiger partial charge in [-0.1, -0.05) is 11.3 Å². The van der Waals surface area contributed by atoms with Gasteiger partial charge in [0.05, 0.1) is 0 Å². The zero-order valence-electron chi connectivity index (χ0n) is 10.4. The third-order valence-electron chi connectivity index (χ3n) is 3.00. The number of piperidine rings is 1. The Hall–Kier alpha value is -1.21. The van der Waals surface area contributed by atoms with E-state index in [9.17, 15) is 4.79 Å². The van der Waals surface area contributed by atoms with Crippen LogP contribution >= 0.6 is 11.3 Å². The Labute approximate surface area is 110 Å². The normalized spacial score (nSPS) is 19.9. The standard InChI is InChI=1S/C11H18N4O2S/c1-2-12-11-14-13-9(18-11)10(17)15-5-3-4-8(6-15)7-16/h8,16H,2-7H2,1H3,(H,12,14). The molecule has 0 bridgehead atoms. The van der Waals surface area contributed by atoms with E-state index >= 15 is 0 Å². The van der Waals surface area contributed by atoms with Crippen LogP contribution in [-0.4, -0.2) is 52.4 Å². The van der Waals surface area contributed by atoms with Crippen molar-refractivity contribution in [1.29, 1.82) is 0 Å². The molecular formula is C11H18N4O2S. The molecule has 100 valence electrons. The van der Waals surface area contributed by atoms with Gasteiger partial charge in [0.2, 0.25) is 10.1 Å². The van der Waals surface area contributed by atoms with Crippen molar-refractivity contribution < 1.29 is 9.90 Å². The molecule has 1 aromatic rings. The van der Waals surface area contributed by atoms with E-state index in [1.165, 1.54) is 11.3 Å². The fraction of sp³-hybridized carbons (Fsp3) is 0.727. The number of aliphatic hydroxyl groups is 1. The van der Waals surface area contributed by atoms with Crippen molar-refractivity contribution in [3.63, 3.8) is 0 Å². The Kier molecular flexibility index (Phi) is 4.48. The number of anilines is 1. The maximum Gasteiger partial charge on any atom is 0.284 e. The summed E-state index contributed by atoms with van der Waals surface area (Å²) in [6, 6.07) is 0. The summed E-state index contributed by atoms with van der Waals surface area (Å²) >= 11 is 1.28. The minimum absolute atomic E-state index is 0.0743. The summed E-state index contributed by atoms with van der Waals surface area (Å²) in [7, 11) is 0. The van der Waals surface area contributed by atoms with Crippen molar-refractivity contribution in [1.82, 2.24) is 15.1 Å². The van der Waals surface area contributed by atoms with Gasteiger partial charge in [-0.25, -0.2) is 0 Å². The topological polar surface area (TPSA) is 78.4 Å². The van der Waals surface area contributed by atoms with Crippen LogP contribution in [0.2, 0.25) is 0 Å². The van der Waals surface area contributed by atoms with Crippen LogP contribution in [0.1, 0.15) is 29.6 Å². The number of hydrogen-bond donors (Lipinski definition) is 2. The summed E-state index contributed by atoms with van der Waals surface area (Å²) in [6.45, 7) is 4.23. The lowest BCUT2D eigenvalue weighted by Crippen LogP contribution is -2.40. The van der Waals surface area contributed by atoms with Gasteiger partial charge in [-0.3, -0.25) is 4.79 Å². The average molecular weight is 270 g/mol. The largest absolute Gasteiger partial charge is 0.396 e. The van der Waals surface area contributed by atoms with E-state index in [1.807, 2.05) is 6.92 Å². The summed E-state index contributed by atoms with van der Waals surface area (Å²) in [5.74, 6) is 0.124. The molecule has 1 saturated heterocycles. The number of nitrogens with zero attached hydrogens (tertiary/aromatic N) is 3.